The Balaban J connectivity index is 0.00000144. The Bertz CT molecular complexity index is 335. The van der Waals surface area contributed by atoms with E-state index in [9.17, 15) is 8.42 Å². The summed E-state index contributed by atoms with van der Waals surface area (Å²) in [7, 11) is -4.04. The first-order valence-electron chi connectivity index (χ1n) is 3.21. The third kappa shape index (κ3) is 6.06. The zero-order valence-electron chi connectivity index (χ0n) is 6.17. The Morgan fingerprint density at radius 3 is 2.23 bits per heavy atom. The maximum absolute atomic E-state index is 10.2. The molecule has 0 amide bonds. The molecular formula is C7H9NaO4S. The van der Waals surface area contributed by atoms with Gasteiger partial charge in [-0.15, -0.1) is 0 Å². The molecule has 0 bridgehead atoms. The van der Waals surface area contributed by atoms with Crippen LogP contribution in [0.3, 0.4) is 0 Å². The van der Waals surface area contributed by atoms with Crippen LogP contribution in [-0.2, 0) is 10.1 Å². The summed E-state index contributed by atoms with van der Waals surface area (Å²) >= 11 is 0. The van der Waals surface area contributed by atoms with Crippen molar-refractivity contribution >= 4 is 39.7 Å². The van der Waals surface area contributed by atoms with Gasteiger partial charge in [0.05, 0.1) is 0 Å². The number of hydrogen-bond donors (Lipinski definition) is 1. The molecule has 1 rings (SSSR count). The Hall–Kier alpha value is -0.0700. The molecule has 0 fully saturated rings. The van der Waals surface area contributed by atoms with Crippen molar-refractivity contribution in [2.75, 3.05) is 5.94 Å². The molecule has 0 aliphatic carbocycles. The number of rotatable bonds is 3. The predicted octanol–water partition coefficient (Wildman–Crippen LogP) is 0.262. The molecule has 0 aliphatic rings. The van der Waals surface area contributed by atoms with Gasteiger partial charge in [0.25, 0.3) is 0 Å². The van der Waals surface area contributed by atoms with Crippen LogP contribution in [0.5, 0.6) is 5.75 Å². The summed E-state index contributed by atoms with van der Waals surface area (Å²) in [6.07, 6.45) is 0. The van der Waals surface area contributed by atoms with Crippen molar-refractivity contribution in [2.24, 2.45) is 0 Å². The van der Waals surface area contributed by atoms with Crippen LogP contribution >= 0.6 is 0 Å². The molecule has 68 valence electrons. The Morgan fingerprint density at radius 1 is 1.23 bits per heavy atom. The summed E-state index contributed by atoms with van der Waals surface area (Å²) in [5.74, 6) is -0.299. The molecule has 1 aromatic carbocycles. The van der Waals surface area contributed by atoms with Crippen molar-refractivity contribution < 1.29 is 17.7 Å². The molecule has 0 aliphatic heterocycles. The zero-order valence-corrected chi connectivity index (χ0v) is 6.99. The quantitative estimate of drug-likeness (QED) is 0.576. The van der Waals surface area contributed by atoms with Gasteiger partial charge in [0, 0.05) is 0 Å². The first kappa shape index (κ1) is 12.9. The fourth-order valence-electron chi connectivity index (χ4n) is 0.659. The van der Waals surface area contributed by atoms with E-state index < -0.39 is 16.1 Å². The van der Waals surface area contributed by atoms with Crippen LogP contribution in [0.15, 0.2) is 30.3 Å². The van der Waals surface area contributed by atoms with Gasteiger partial charge in [-0.2, -0.15) is 8.42 Å². The molecule has 6 heteroatoms. The van der Waals surface area contributed by atoms with Crippen molar-refractivity contribution in [1.82, 2.24) is 0 Å². The molecular weight excluding hydrogens is 203 g/mol. The average Bonchev–Trinajstić information content (AvgIpc) is 2.02. The third-order valence-electron chi connectivity index (χ3n) is 1.12. The van der Waals surface area contributed by atoms with Gasteiger partial charge in [0.2, 0.25) is 5.94 Å². The molecule has 0 aromatic heterocycles. The normalized spacial score (nSPS) is 10.2. The Morgan fingerprint density at radius 2 is 1.77 bits per heavy atom. The van der Waals surface area contributed by atoms with E-state index in [0.717, 1.165) is 0 Å². The molecule has 4 nitrogen and oxygen atoms in total. The standard InChI is InChI=1S/C7H8O4S.Na.H/c8-12(9,10)6-11-7-4-2-1-3-5-7;;/h1-5H,6H2,(H,8,9,10);;. The van der Waals surface area contributed by atoms with E-state index in [1.165, 1.54) is 0 Å². The van der Waals surface area contributed by atoms with Crippen molar-refractivity contribution in [2.45, 2.75) is 0 Å². The van der Waals surface area contributed by atoms with Gasteiger partial charge in [-0.05, 0) is 12.1 Å². The number of benzene rings is 1. The molecule has 1 N–H and O–H groups in total. The Kier molecular flexibility index (Phi) is 5.59. The minimum absolute atomic E-state index is 0. The molecule has 0 unspecified atom stereocenters. The van der Waals surface area contributed by atoms with Gasteiger partial charge in [-0.3, -0.25) is 4.55 Å². The van der Waals surface area contributed by atoms with E-state index in [1.54, 1.807) is 30.3 Å². The summed E-state index contributed by atoms with van der Waals surface area (Å²) in [5.41, 5.74) is 0. The van der Waals surface area contributed by atoms with Crippen LogP contribution < -0.4 is 4.74 Å². The van der Waals surface area contributed by atoms with Gasteiger partial charge >= 0.3 is 39.7 Å². The van der Waals surface area contributed by atoms with Gasteiger partial charge in [0.15, 0.2) is 0 Å². The number of para-hydroxylation sites is 1. The maximum atomic E-state index is 10.2. The summed E-state index contributed by atoms with van der Waals surface area (Å²) in [5, 5.41) is 0. The predicted molar refractivity (Wildman–Crippen MR) is 50.6 cm³/mol. The first-order chi connectivity index (χ1) is 5.58. The fraction of sp³-hybridized carbons (Fsp3) is 0.143. The van der Waals surface area contributed by atoms with Crippen LogP contribution in [0, 0.1) is 0 Å². The molecule has 0 atom stereocenters. The first-order valence-corrected chi connectivity index (χ1v) is 4.82. The molecule has 0 heterocycles. The van der Waals surface area contributed by atoms with Crippen molar-refractivity contribution in [3.8, 4) is 5.75 Å². The average molecular weight is 212 g/mol. The molecule has 0 saturated carbocycles. The second-order valence-corrected chi connectivity index (χ2v) is 3.56. The monoisotopic (exact) mass is 212 g/mol. The van der Waals surface area contributed by atoms with Crippen LogP contribution in [0.4, 0.5) is 0 Å². The summed E-state index contributed by atoms with van der Waals surface area (Å²) in [4.78, 5) is 0. The van der Waals surface area contributed by atoms with Crippen molar-refractivity contribution in [1.29, 1.82) is 0 Å². The van der Waals surface area contributed by atoms with Gasteiger partial charge < -0.3 is 4.74 Å². The molecule has 1 aromatic rings. The van der Waals surface area contributed by atoms with Crippen LogP contribution in [-0.4, -0.2) is 48.5 Å². The SMILES string of the molecule is O=S(=O)(O)COc1ccccc1.[NaH]. The minimum atomic E-state index is -4.04. The van der Waals surface area contributed by atoms with Crippen LogP contribution in [0.1, 0.15) is 0 Å². The molecule has 0 radical (unpaired) electrons. The Labute approximate surface area is 99.0 Å². The van der Waals surface area contributed by atoms with Gasteiger partial charge in [-0.25, -0.2) is 0 Å². The van der Waals surface area contributed by atoms with E-state index in [2.05, 4.69) is 0 Å². The van der Waals surface area contributed by atoms with Crippen LogP contribution in [0.25, 0.3) is 0 Å². The number of ether oxygens (including phenoxy) is 1. The van der Waals surface area contributed by atoms with Gasteiger partial charge in [-0.1, -0.05) is 18.2 Å². The van der Waals surface area contributed by atoms with Crippen molar-refractivity contribution in [3.63, 3.8) is 0 Å². The van der Waals surface area contributed by atoms with E-state index in [0.29, 0.717) is 5.75 Å². The fourth-order valence-corrected chi connectivity index (χ4v) is 0.944. The van der Waals surface area contributed by atoms with Crippen LogP contribution in [0.2, 0.25) is 0 Å². The third-order valence-corrected chi connectivity index (χ3v) is 1.53. The summed E-state index contributed by atoms with van der Waals surface area (Å²) in [6.45, 7) is 0. The number of hydrogen-bond acceptors (Lipinski definition) is 3. The van der Waals surface area contributed by atoms with E-state index in [4.69, 9.17) is 9.29 Å². The summed E-state index contributed by atoms with van der Waals surface area (Å²) < 4.78 is 33.5. The second-order valence-electron chi connectivity index (χ2n) is 2.16. The zero-order chi connectivity index (χ0) is 9.03. The molecule has 0 spiro atoms. The van der Waals surface area contributed by atoms with Crippen molar-refractivity contribution in [3.05, 3.63) is 30.3 Å². The molecule has 13 heavy (non-hydrogen) atoms. The van der Waals surface area contributed by atoms with E-state index in [1.807, 2.05) is 0 Å². The summed E-state index contributed by atoms with van der Waals surface area (Å²) in [6, 6.07) is 8.40. The molecule has 0 saturated heterocycles. The van der Waals surface area contributed by atoms with Gasteiger partial charge in [0.1, 0.15) is 5.75 Å². The van der Waals surface area contributed by atoms with E-state index in [-0.39, 0.29) is 29.6 Å². The van der Waals surface area contributed by atoms with E-state index >= 15 is 0 Å². The second kappa shape index (κ2) is 5.62. The topological polar surface area (TPSA) is 63.6 Å².